The van der Waals surface area contributed by atoms with Gasteiger partial charge in [0.05, 0.1) is 11.2 Å². The van der Waals surface area contributed by atoms with E-state index in [0.717, 1.165) is 18.9 Å². The first kappa shape index (κ1) is 12.8. The lowest BCUT2D eigenvalue weighted by Crippen LogP contribution is -2.57. The number of nitrogens with zero attached hydrogens (tertiary/aromatic N) is 4. The monoisotopic (exact) mass is 246 g/mol. The van der Waals surface area contributed by atoms with Gasteiger partial charge in [-0.05, 0) is 39.8 Å². The second-order valence-electron chi connectivity index (χ2n) is 5.87. The normalized spacial score (nSPS) is 21.4. The molecule has 0 amide bonds. The summed E-state index contributed by atoms with van der Waals surface area (Å²) in [5.41, 5.74) is -0.111. The van der Waals surface area contributed by atoms with Crippen LogP contribution in [0.1, 0.15) is 33.4 Å². The van der Waals surface area contributed by atoms with Gasteiger partial charge < -0.3 is 9.64 Å². The van der Waals surface area contributed by atoms with Crippen molar-refractivity contribution in [1.29, 1.82) is 5.26 Å². The molecule has 0 aliphatic carbocycles. The average molecular weight is 246 g/mol. The van der Waals surface area contributed by atoms with Crippen LogP contribution in [0.15, 0.2) is 12.1 Å². The fraction of sp³-hybridized carbons (Fsp3) is 0.615. The second-order valence-corrected chi connectivity index (χ2v) is 5.87. The fourth-order valence-electron chi connectivity index (χ4n) is 2.50. The molecule has 0 saturated carbocycles. The van der Waals surface area contributed by atoms with Crippen LogP contribution in [0, 0.1) is 11.3 Å². The Morgan fingerprint density at radius 1 is 1.17 bits per heavy atom. The third kappa shape index (κ3) is 2.77. The van der Waals surface area contributed by atoms with E-state index in [2.05, 4.69) is 42.8 Å². The highest BCUT2D eigenvalue weighted by atomic mass is 16.5. The molecule has 0 atom stereocenters. The topological polar surface area (TPSA) is 62.0 Å². The Bertz CT molecular complexity index is 457. The van der Waals surface area contributed by atoms with Gasteiger partial charge in [0.15, 0.2) is 11.5 Å². The maximum absolute atomic E-state index is 8.72. The number of nitriles is 1. The minimum absolute atomic E-state index is 0.225. The number of aromatic nitrogens is 2. The first-order valence-electron chi connectivity index (χ1n) is 6.00. The van der Waals surface area contributed by atoms with E-state index < -0.39 is 0 Å². The minimum Gasteiger partial charge on any atom is -0.366 e. The van der Waals surface area contributed by atoms with Crippen LogP contribution in [0.2, 0.25) is 0 Å². The Morgan fingerprint density at radius 2 is 1.78 bits per heavy atom. The van der Waals surface area contributed by atoms with Crippen molar-refractivity contribution in [2.24, 2.45) is 0 Å². The van der Waals surface area contributed by atoms with E-state index in [4.69, 9.17) is 10.00 Å². The molecule has 96 valence electrons. The van der Waals surface area contributed by atoms with E-state index in [-0.39, 0.29) is 11.2 Å². The highest BCUT2D eigenvalue weighted by Gasteiger charge is 2.38. The van der Waals surface area contributed by atoms with E-state index in [1.54, 1.807) is 6.07 Å². The molecule has 2 rings (SSSR count). The molecule has 18 heavy (non-hydrogen) atoms. The summed E-state index contributed by atoms with van der Waals surface area (Å²) in [7, 11) is 0. The van der Waals surface area contributed by atoms with E-state index in [1.165, 1.54) is 0 Å². The Hall–Kier alpha value is -1.67. The molecule has 5 heteroatoms. The zero-order chi connectivity index (χ0) is 13.4. The number of morpholine rings is 1. The predicted octanol–water partition coefficient (Wildman–Crippen LogP) is 1.74. The van der Waals surface area contributed by atoms with Crippen LogP contribution in [0.5, 0.6) is 0 Å². The van der Waals surface area contributed by atoms with Crippen LogP contribution in [-0.2, 0) is 4.74 Å². The van der Waals surface area contributed by atoms with Crippen molar-refractivity contribution in [2.45, 2.75) is 38.9 Å². The second kappa shape index (κ2) is 4.21. The molecule has 1 aromatic rings. The summed E-state index contributed by atoms with van der Waals surface area (Å²) < 4.78 is 6.02. The van der Waals surface area contributed by atoms with Gasteiger partial charge >= 0.3 is 0 Å². The van der Waals surface area contributed by atoms with Gasteiger partial charge in [-0.15, -0.1) is 10.2 Å². The summed E-state index contributed by atoms with van der Waals surface area (Å²) in [6.07, 6.45) is 0. The lowest BCUT2D eigenvalue weighted by atomic mass is 9.99. The van der Waals surface area contributed by atoms with Gasteiger partial charge in [0.25, 0.3) is 0 Å². The summed E-state index contributed by atoms with van der Waals surface area (Å²) in [4.78, 5) is 2.15. The average Bonchev–Trinajstić information content (AvgIpc) is 2.25. The molecule has 1 fully saturated rings. The summed E-state index contributed by atoms with van der Waals surface area (Å²) in [5.74, 6) is 0.790. The van der Waals surface area contributed by atoms with E-state index in [9.17, 15) is 0 Å². The molecule has 0 spiro atoms. The SMILES string of the molecule is CC1(C)CN(c2ccc(C#N)nn2)CC(C)(C)O1. The van der Waals surface area contributed by atoms with Crippen LogP contribution in [-0.4, -0.2) is 34.5 Å². The molecule has 0 aromatic carbocycles. The first-order chi connectivity index (χ1) is 8.31. The van der Waals surface area contributed by atoms with Gasteiger partial charge in [0.1, 0.15) is 6.07 Å². The number of anilines is 1. The molecule has 0 N–H and O–H groups in total. The number of rotatable bonds is 1. The van der Waals surface area contributed by atoms with Crippen LogP contribution in [0.4, 0.5) is 5.82 Å². The maximum Gasteiger partial charge on any atom is 0.163 e. The van der Waals surface area contributed by atoms with Gasteiger partial charge in [0, 0.05) is 13.1 Å². The van der Waals surface area contributed by atoms with Crippen molar-refractivity contribution in [3.63, 3.8) is 0 Å². The zero-order valence-electron chi connectivity index (χ0n) is 11.3. The fourth-order valence-corrected chi connectivity index (χ4v) is 2.50. The van der Waals surface area contributed by atoms with Crippen molar-refractivity contribution >= 4 is 5.82 Å². The van der Waals surface area contributed by atoms with Crippen molar-refractivity contribution in [1.82, 2.24) is 10.2 Å². The molecule has 2 heterocycles. The van der Waals surface area contributed by atoms with E-state index >= 15 is 0 Å². The highest BCUT2D eigenvalue weighted by molar-refractivity contribution is 5.40. The molecular formula is C13H18N4O. The molecule has 1 aromatic heterocycles. The highest BCUT2D eigenvalue weighted by Crippen LogP contribution is 2.30. The van der Waals surface area contributed by atoms with Gasteiger partial charge in [0.2, 0.25) is 0 Å². The summed E-state index contributed by atoms with van der Waals surface area (Å²) in [6, 6.07) is 5.50. The predicted molar refractivity (Wildman–Crippen MR) is 68.2 cm³/mol. The maximum atomic E-state index is 8.72. The molecule has 1 aliphatic heterocycles. The lowest BCUT2D eigenvalue weighted by Gasteiger charge is -2.47. The quantitative estimate of drug-likeness (QED) is 0.755. The summed E-state index contributed by atoms with van der Waals surface area (Å²) in [5, 5.41) is 16.7. The van der Waals surface area contributed by atoms with Crippen molar-refractivity contribution < 1.29 is 4.74 Å². The van der Waals surface area contributed by atoms with E-state index in [0.29, 0.717) is 5.69 Å². The molecule has 0 bridgehead atoms. The largest absolute Gasteiger partial charge is 0.366 e. The van der Waals surface area contributed by atoms with Crippen molar-refractivity contribution in [3.05, 3.63) is 17.8 Å². The molecule has 0 radical (unpaired) electrons. The van der Waals surface area contributed by atoms with Gasteiger partial charge in [-0.25, -0.2) is 0 Å². The summed E-state index contributed by atoms with van der Waals surface area (Å²) in [6.45, 7) is 9.79. The first-order valence-corrected chi connectivity index (χ1v) is 6.00. The van der Waals surface area contributed by atoms with Crippen LogP contribution in [0.3, 0.4) is 0 Å². The Labute approximate surface area is 107 Å². The number of hydrogen-bond donors (Lipinski definition) is 0. The molecular weight excluding hydrogens is 228 g/mol. The third-order valence-corrected chi connectivity index (χ3v) is 2.78. The number of hydrogen-bond acceptors (Lipinski definition) is 5. The Balaban J connectivity index is 2.24. The number of ether oxygens (including phenoxy) is 1. The Kier molecular flexibility index (Phi) is 2.99. The van der Waals surface area contributed by atoms with Crippen LogP contribution < -0.4 is 4.90 Å². The molecule has 5 nitrogen and oxygen atoms in total. The Morgan fingerprint density at radius 3 is 2.22 bits per heavy atom. The van der Waals surface area contributed by atoms with Crippen molar-refractivity contribution in [3.8, 4) is 6.07 Å². The summed E-state index contributed by atoms with van der Waals surface area (Å²) >= 11 is 0. The van der Waals surface area contributed by atoms with Crippen molar-refractivity contribution in [2.75, 3.05) is 18.0 Å². The van der Waals surface area contributed by atoms with Crippen LogP contribution >= 0.6 is 0 Å². The molecule has 0 unspecified atom stereocenters. The third-order valence-electron chi connectivity index (χ3n) is 2.78. The molecule has 1 aliphatic rings. The van der Waals surface area contributed by atoms with E-state index in [1.807, 2.05) is 12.1 Å². The minimum atomic E-state index is -0.225. The smallest absolute Gasteiger partial charge is 0.163 e. The van der Waals surface area contributed by atoms with Crippen LogP contribution in [0.25, 0.3) is 0 Å². The molecule has 1 saturated heterocycles. The van der Waals surface area contributed by atoms with Gasteiger partial charge in [-0.3, -0.25) is 0 Å². The standard InChI is InChI=1S/C13H18N4O/c1-12(2)8-17(9-13(3,4)18-12)11-6-5-10(7-14)15-16-11/h5-6H,8-9H2,1-4H3. The zero-order valence-corrected chi connectivity index (χ0v) is 11.3. The lowest BCUT2D eigenvalue weighted by molar-refractivity contribution is -0.133. The van der Waals surface area contributed by atoms with Gasteiger partial charge in [-0.2, -0.15) is 5.26 Å². The van der Waals surface area contributed by atoms with Gasteiger partial charge in [-0.1, -0.05) is 0 Å².